The molecule has 1 aromatic heterocycles. The molecule has 0 saturated heterocycles. The van der Waals surface area contributed by atoms with E-state index in [9.17, 15) is 9.59 Å². The van der Waals surface area contributed by atoms with E-state index in [-0.39, 0.29) is 11.5 Å². The van der Waals surface area contributed by atoms with Crippen molar-refractivity contribution in [3.05, 3.63) is 24.0 Å². The standard InChI is InChI=1S/C12H16N2O4/c1-2-18-5-3-4-11(15)14-10-6-9(12(16)17)7-13-8-10/h6-8H,2-5H2,1H3,(H,14,15)(H,16,17). The second-order valence-electron chi connectivity index (χ2n) is 3.62. The molecule has 2 N–H and O–H groups in total. The van der Waals surface area contributed by atoms with Crippen molar-refractivity contribution < 1.29 is 19.4 Å². The van der Waals surface area contributed by atoms with Crippen LogP contribution in [0.3, 0.4) is 0 Å². The van der Waals surface area contributed by atoms with Crippen molar-refractivity contribution in [2.75, 3.05) is 18.5 Å². The smallest absolute Gasteiger partial charge is 0.337 e. The number of pyridine rings is 1. The van der Waals surface area contributed by atoms with Gasteiger partial charge in [0, 0.05) is 25.8 Å². The van der Waals surface area contributed by atoms with Crippen molar-refractivity contribution >= 4 is 17.6 Å². The van der Waals surface area contributed by atoms with Gasteiger partial charge in [-0.3, -0.25) is 9.78 Å². The summed E-state index contributed by atoms with van der Waals surface area (Å²) >= 11 is 0. The van der Waals surface area contributed by atoms with Crippen LogP contribution in [0.25, 0.3) is 0 Å². The number of rotatable bonds is 7. The van der Waals surface area contributed by atoms with Crippen LogP contribution in [0.1, 0.15) is 30.1 Å². The SMILES string of the molecule is CCOCCCC(=O)Nc1cncc(C(=O)O)c1. The fourth-order valence-corrected chi connectivity index (χ4v) is 1.33. The molecule has 0 aliphatic carbocycles. The summed E-state index contributed by atoms with van der Waals surface area (Å²) in [4.78, 5) is 26.0. The van der Waals surface area contributed by atoms with E-state index in [1.54, 1.807) is 0 Å². The molecule has 0 saturated carbocycles. The molecule has 1 rings (SSSR count). The fourth-order valence-electron chi connectivity index (χ4n) is 1.33. The molecular formula is C12H16N2O4. The van der Waals surface area contributed by atoms with Gasteiger partial charge in [0.05, 0.1) is 17.4 Å². The minimum absolute atomic E-state index is 0.0436. The van der Waals surface area contributed by atoms with Gasteiger partial charge in [0.2, 0.25) is 5.91 Å². The summed E-state index contributed by atoms with van der Waals surface area (Å²) in [6.45, 7) is 3.06. The quantitative estimate of drug-likeness (QED) is 0.718. The Balaban J connectivity index is 2.44. The number of hydrogen-bond donors (Lipinski definition) is 2. The molecule has 0 unspecified atom stereocenters. The lowest BCUT2D eigenvalue weighted by Crippen LogP contribution is -2.13. The van der Waals surface area contributed by atoms with Gasteiger partial charge in [-0.2, -0.15) is 0 Å². The number of carboxylic acids is 1. The van der Waals surface area contributed by atoms with Crippen LogP contribution in [0, 0.1) is 0 Å². The van der Waals surface area contributed by atoms with Gasteiger partial charge < -0.3 is 15.2 Å². The molecule has 0 fully saturated rings. The predicted molar refractivity (Wildman–Crippen MR) is 65.6 cm³/mol. The fraction of sp³-hybridized carbons (Fsp3) is 0.417. The number of aromatic nitrogens is 1. The third-order valence-electron chi connectivity index (χ3n) is 2.17. The third-order valence-corrected chi connectivity index (χ3v) is 2.17. The topological polar surface area (TPSA) is 88.5 Å². The van der Waals surface area contributed by atoms with E-state index >= 15 is 0 Å². The Morgan fingerprint density at radius 1 is 1.44 bits per heavy atom. The number of nitrogens with zero attached hydrogens (tertiary/aromatic N) is 1. The molecule has 1 aromatic rings. The Bertz CT molecular complexity index is 420. The van der Waals surface area contributed by atoms with Crippen molar-refractivity contribution in [3.63, 3.8) is 0 Å². The number of nitrogens with one attached hydrogen (secondary N) is 1. The van der Waals surface area contributed by atoms with Gasteiger partial charge in [-0.25, -0.2) is 4.79 Å². The maximum absolute atomic E-state index is 11.5. The van der Waals surface area contributed by atoms with Crippen LogP contribution in [-0.4, -0.2) is 35.2 Å². The first kappa shape index (κ1) is 14.1. The lowest BCUT2D eigenvalue weighted by molar-refractivity contribution is -0.116. The normalized spacial score (nSPS) is 10.1. The average Bonchev–Trinajstić information content (AvgIpc) is 2.35. The Kier molecular flexibility index (Phi) is 5.79. The highest BCUT2D eigenvalue weighted by atomic mass is 16.5. The molecule has 1 heterocycles. The van der Waals surface area contributed by atoms with E-state index in [2.05, 4.69) is 10.3 Å². The monoisotopic (exact) mass is 252 g/mol. The zero-order chi connectivity index (χ0) is 13.4. The first-order valence-corrected chi connectivity index (χ1v) is 5.69. The summed E-state index contributed by atoms with van der Waals surface area (Å²) in [6.07, 6.45) is 3.60. The number of hydrogen-bond acceptors (Lipinski definition) is 4. The highest BCUT2D eigenvalue weighted by Crippen LogP contribution is 2.09. The predicted octanol–water partition coefficient (Wildman–Crippen LogP) is 1.54. The minimum atomic E-state index is -1.07. The largest absolute Gasteiger partial charge is 0.478 e. The molecule has 98 valence electrons. The zero-order valence-electron chi connectivity index (χ0n) is 10.2. The molecule has 6 nitrogen and oxygen atoms in total. The molecule has 0 bridgehead atoms. The molecule has 0 aliphatic heterocycles. The summed E-state index contributed by atoms with van der Waals surface area (Å²) in [5.74, 6) is -1.26. The molecule has 0 radical (unpaired) electrons. The van der Waals surface area contributed by atoms with Crippen molar-refractivity contribution in [1.82, 2.24) is 4.98 Å². The first-order valence-electron chi connectivity index (χ1n) is 5.69. The van der Waals surface area contributed by atoms with E-state index in [4.69, 9.17) is 9.84 Å². The Labute approximate surface area is 105 Å². The number of carbonyl (C=O) groups excluding carboxylic acids is 1. The molecule has 0 spiro atoms. The van der Waals surface area contributed by atoms with Crippen molar-refractivity contribution in [1.29, 1.82) is 0 Å². The van der Waals surface area contributed by atoms with Crippen LogP contribution in [0.5, 0.6) is 0 Å². The maximum Gasteiger partial charge on any atom is 0.337 e. The Morgan fingerprint density at radius 2 is 2.22 bits per heavy atom. The molecule has 0 atom stereocenters. The minimum Gasteiger partial charge on any atom is -0.478 e. The maximum atomic E-state index is 11.5. The lowest BCUT2D eigenvalue weighted by Gasteiger charge is -2.05. The van der Waals surface area contributed by atoms with Crippen molar-refractivity contribution in [3.8, 4) is 0 Å². The van der Waals surface area contributed by atoms with Gasteiger partial charge in [0.25, 0.3) is 0 Å². The number of carbonyl (C=O) groups is 2. The van der Waals surface area contributed by atoms with Gasteiger partial charge in [-0.1, -0.05) is 0 Å². The van der Waals surface area contributed by atoms with Crippen LogP contribution in [0.4, 0.5) is 5.69 Å². The highest BCUT2D eigenvalue weighted by molar-refractivity contribution is 5.93. The molecule has 0 aromatic carbocycles. The van der Waals surface area contributed by atoms with Crippen LogP contribution in [0.2, 0.25) is 0 Å². The Morgan fingerprint density at radius 3 is 2.89 bits per heavy atom. The molecule has 18 heavy (non-hydrogen) atoms. The summed E-state index contributed by atoms with van der Waals surface area (Å²) < 4.78 is 5.11. The van der Waals surface area contributed by atoms with Crippen LogP contribution < -0.4 is 5.32 Å². The molecule has 0 aliphatic rings. The summed E-state index contributed by atoms with van der Waals surface area (Å²) in [6, 6.07) is 1.37. The Hall–Kier alpha value is -1.95. The number of anilines is 1. The van der Waals surface area contributed by atoms with Gasteiger partial charge in [-0.05, 0) is 19.4 Å². The van der Waals surface area contributed by atoms with Gasteiger partial charge in [0.15, 0.2) is 0 Å². The second kappa shape index (κ2) is 7.39. The van der Waals surface area contributed by atoms with Crippen molar-refractivity contribution in [2.45, 2.75) is 19.8 Å². The van der Waals surface area contributed by atoms with Crippen LogP contribution in [-0.2, 0) is 9.53 Å². The van der Waals surface area contributed by atoms with E-state index in [1.807, 2.05) is 6.92 Å². The average molecular weight is 252 g/mol. The van der Waals surface area contributed by atoms with Gasteiger partial charge >= 0.3 is 5.97 Å². The second-order valence-corrected chi connectivity index (χ2v) is 3.62. The summed E-state index contributed by atoms with van der Waals surface area (Å²) in [5, 5.41) is 11.4. The zero-order valence-corrected chi connectivity index (χ0v) is 10.2. The molecular weight excluding hydrogens is 236 g/mol. The number of aromatic carboxylic acids is 1. The van der Waals surface area contributed by atoms with Crippen LogP contribution >= 0.6 is 0 Å². The first-order chi connectivity index (χ1) is 8.63. The molecule has 1 amide bonds. The lowest BCUT2D eigenvalue weighted by atomic mass is 10.2. The number of amides is 1. The summed E-state index contributed by atoms with van der Waals surface area (Å²) in [7, 11) is 0. The highest BCUT2D eigenvalue weighted by Gasteiger charge is 2.06. The number of carboxylic acid groups (broad SMARTS) is 1. The van der Waals surface area contributed by atoms with E-state index in [0.29, 0.717) is 31.7 Å². The van der Waals surface area contributed by atoms with Crippen molar-refractivity contribution in [2.24, 2.45) is 0 Å². The van der Waals surface area contributed by atoms with E-state index in [0.717, 1.165) is 0 Å². The van der Waals surface area contributed by atoms with Gasteiger partial charge in [0.1, 0.15) is 0 Å². The van der Waals surface area contributed by atoms with Gasteiger partial charge in [-0.15, -0.1) is 0 Å². The van der Waals surface area contributed by atoms with E-state index in [1.165, 1.54) is 18.5 Å². The summed E-state index contributed by atoms with van der Waals surface area (Å²) in [5.41, 5.74) is 0.429. The number of ether oxygens (including phenoxy) is 1. The van der Waals surface area contributed by atoms with E-state index < -0.39 is 5.97 Å². The third kappa shape index (κ3) is 4.92. The van der Waals surface area contributed by atoms with Crippen LogP contribution in [0.15, 0.2) is 18.5 Å². The molecule has 6 heteroatoms.